The molecule has 0 aliphatic rings. The number of aromatic nitrogens is 3. The Morgan fingerprint density at radius 2 is 1.84 bits per heavy atom. The number of fused-ring (bicyclic) bond motifs is 1. The molecule has 0 bridgehead atoms. The maximum atomic E-state index is 9.48. The van der Waals surface area contributed by atoms with Gasteiger partial charge in [0.05, 0.1) is 31.8 Å². The average molecular weight is 448 g/mol. The molecule has 2 heterocycles. The summed E-state index contributed by atoms with van der Waals surface area (Å²) in [6, 6.07) is 7.77. The Bertz CT molecular complexity index is 957. The van der Waals surface area contributed by atoms with Gasteiger partial charge >= 0.3 is 0 Å². The van der Waals surface area contributed by atoms with Crippen molar-refractivity contribution in [1.29, 1.82) is 0 Å². The smallest absolute Gasteiger partial charge is 0.222 e. The second-order valence-corrected chi connectivity index (χ2v) is 7.24. The van der Waals surface area contributed by atoms with Crippen molar-refractivity contribution in [3.05, 3.63) is 36.0 Å². The van der Waals surface area contributed by atoms with E-state index in [9.17, 15) is 5.11 Å². The molecule has 0 aliphatic heterocycles. The monoisotopic (exact) mass is 447 g/mol. The van der Waals surface area contributed by atoms with Crippen molar-refractivity contribution in [2.24, 2.45) is 0 Å². The molecule has 0 unspecified atom stereocenters. The van der Waals surface area contributed by atoms with Crippen molar-refractivity contribution >= 4 is 36.3 Å². The standard InChI is InChI=1S/C22H31N5O3.H2S/c1-4-5-7-15(11-13-28)24-21-20-17(25-22(23)26-21)10-12-27(20)14-16-18(29-2)8-6-9-19(16)30-3;/h6,8-10,12,15,28H,4-5,7,11,13-14H2,1-3H3,(H3,23,24,25,26);1H2/t15-;/m0./s1. The van der Waals surface area contributed by atoms with Crippen molar-refractivity contribution in [2.75, 3.05) is 31.9 Å². The fourth-order valence-corrected chi connectivity index (χ4v) is 3.70. The highest BCUT2D eigenvalue weighted by atomic mass is 32.1. The molecule has 0 spiro atoms. The van der Waals surface area contributed by atoms with Crippen LogP contribution in [0.5, 0.6) is 11.5 Å². The molecule has 1 atom stereocenters. The number of nitrogen functional groups attached to an aromatic ring is 1. The van der Waals surface area contributed by atoms with Crippen molar-refractivity contribution in [2.45, 2.75) is 45.2 Å². The number of nitrogens with two attached hydrogens (primary N) is 1. The maximum Gasteiger partial charge on any atom is 0.222 e. The van der Waals surface area contributed by atoms with E-state index in [4.69, 9.17) is 15.2 Å². The first-order valence-corrected chi connectivity index (χ1v) is 10.3. The van der Waals surface area contributed by atoms with Gasteiger partial charge in [0.1, 0.15) is 17.0 Å². The molecule has 3 aromatic rings. The Balaban J connectivity index is 0.00000341. The van der Waals surface area contributed by atoms with E-state index < -0.39 is 0 Å². The Morgan fingerprint density at radius 3 is 2.45 bits per heavy atom. The van der Waals surface area contributed by atoms with Crippen molar-refractivity contribution < 1.29 is 14.6 Å². The van der Waals surface area contributed by atoms with E-state index in [2.05, 4.69) is 26.8 Å². The van der Waals surface area contributed by atoms with Crippen molar-refractivity contribution in [3.63, 3.8) is 0 Å². The molecule has 31 heavy (non-hydrogen) atoms. The first kappa shape index (κ1) is 24.6. The van der Waals surface area contributed by atoms with Gasteiger partial charge in [-0.25, -0.2) is 4.98 Å². The minimum absolute atomic E-state index is 0. The molecule has 8 nitrogen and oxygen atoms in total. The van der Waals surface area contributed by atoms with Gasteiger partial charge in [0.15, 0.2) is 5.82 Å². The van der Waals surface area contributed by atoms with Gasteiger partial charge in [-0.3, -0.25) is 0 Å². The predicted octanol–water partition coefficient (Wildman–Crippen LogP) is 3.54. The minimum atomic E-state index is 0. The summed E-state index contributed by atoms with van der Waals surface area (Å²) >= 11 is 0. The normalized spacial score (nSPS) is 11.7. The van der Waals surface area contributed by atoms with Crippen LogP contribution in [0.2, 0.25) is 0 Å². The Kier molecular flexibility index (Phi) is 9.26. The lowest BCUT2D eigenvalue weighted by Crippen LogP contribution is -2.22. The first-order chi connectivity index (χ1) is 14.6. The number of benzene rings is 1. The average Bonchev–Trinajstić information content (AvgIpc) is 3.14. The number of methoxy groups -OCH3 is 2. The minimum Gasteiger partial charge on any atom is -0.496 e. The van der Waals surface area contributed by atoms with Gasteiger partial charge in [0, 0.05) is 18.8 Å². The van der Waals surface area contributed by atoms with E-state index in [0.717, 1.165) is 47.4 Å². The van der Waals surface area contributed by atoms with Crippen LogP contribution in [0.3, 0.4) is 0 Å². The quantitative estimate of drug-likeness (QED) is 0.413. The molecule has 0 amide bonds. The molecule has 0 radical (unpaired) electrons. The zero-order valence-electron chi connectivity index (χ0n) is 18.4. The first-order valence-electron chi connectivity index (χ1n) is 10.3. The number of nitrogens with one attached hydrogen (secondary N) is 1. The molecule has 0 aliphatic carbocycles. The highest BCUT2D eigenvalue weighted by Gasteiger charge is 2.18. The predicted molar refractivity (Wildman–Crippen MR) is 130 cm³/mol. The second-order valence-electron chi connectivity index (χ2n) is 7.24. The van der Waals surface area contributed by atoms with Gasteiger partial charge in [0.2, 0.25) is 5.95 Å². The summed E-state index contributed by atoms with van der Waals surface area (Å²) in [5, 5.41) is 13.0. The molecule has 4 N–H and O–H groups in total. The van der Waals surface area contributed by atoms with E-state index in [-0.39, 0.29) is 32.1 Å². The number of ether oxygens (including phenoxy) is 2. The third kappa shape index (κ3) is 5.74. The summed E-state index contributed by atoms with van der Waals surface area (Å²) in [6.45, 7) is 2.80. The number of rotatable bonds is 11. The number of aliphatic hydroxyl groups is 1. The summed E-state index contributed by atoms with van der Waals surface area (Å²) in [5.74, 6) is 2.40. The molecule has 170 valence electrons. The van der Waals surface area contributed by atoms with Crippen LogP contribution in [-0.2, 0) is 6.54 Å². The lowest BCUT2D eigenvalue weighted by Gasteiger charge is -2.20. The van der Waals surface area contributed by atoms with Crippen LogP contribution in [-0.4, -0.2) is 46.5 Å². The highest BCUT2D eigenvalue weighted by molar-refractivity contribution is 7.59. The zero-order valence-corrected chi connectivity index (χ0v) is 19.4. The van der Waals surface area contributed by atoms with Crippen LogP contribution in [0, 0.1) is 0 Å². The van der Waals surface area contributed by atoms with Gasteiger partial charge in [-0.1, -0.05) is 25.8 Å². The van der Waals surface area contributed by atoms with Gasteiger partial charge in [-0.2, -0.15) is 18.5 Å². The number of hydrogen-bond acceptors (Lipinski definition) is 7. The third-order valence-electron chi connectivity index (χ3n) is 5.21. The van der Waals surface area contributed by atoms with Gasteiger partial charge in [0.25, 0.3) is 0 Å². The summed E-state index contributed by atoms with van der Waals surface area (Å²) < 4.78 is 13.2. The third-order valence-corrected chi connectivity index (χ3v) is 5.21. The van der Waals surface area contributed by atoms with Crippen LogP contribution >= 0.6 is 13.5 Å². The number of hydrogen-bond donors (Lipinski definition) is 3. The molecule has 3 rings (SSSR count). The summed E-state index contributed by atoms with van der Waals surface area (Å²) in [6.07, 6.45) is 5.72. The molecule has 9 heteroatoms. The molecule has 2 aromatic heterocycles. The number of unbranched alkanes of at least 4 members (excludes halogenated alkanes) is 1. The van der Waals surface area contributed by atoms with Crippen molar-refractivity contribution in [1.82, 2.24) is 14.5 Å². The Hall–Kier alpha value is -2.65. The van der Waals surface area contributed by atoms with Crippen LogP contribution in [0.1, 0.15) is 38.2 Å². The molecule has 1 aromatic carbocycles. The van der Waals surface area contributed by atoms with E-state index in [1.165, 1.54) is 0 Å². The van der Waals surface area contributed by atoms with Gasteiger partial charge < -0.3 is 30.2 Å². The van der Waals surface area contributed by atoms with E-state index >= 15 is 0 Å². The Morgan fingerprint density at radius 1 is 1.13 bits per heavy atom. The van der Waals surface area contributed by atoms with Crippen molar-refractivity contribution in [3.8, 4) is 11.5 Å². The van der Waals surface area contributed by atoms with Crippen LogP contribution in [0.4, 0.5) is 11.8 Å². The second kappa shape index (κ2) is 11.7. The largest absolute Gasteiger partial charge is 0.496 e. The molecule has 0 saturated carbocycles. The SMILES string of the molecule is CCCC[C@@H](CCO)Nc1nc(N)nc2ccn(Cc3c(OC)cccc3OC)c12.S. The highest BCUT2D eigenvalue weighted by Crippen LogP contribution is 2.32. The van der Waals surface area contributed by atoms with Crippen LogP contribution in [0.25, 0.3) is 11.0 Å². The van der Waals surface area contributed by atoms with Crippen LogP contribution < -0.4 is 20.5 Å². The fourth-order valence-electron chi connectivity index (χ4n) is 3.70. The number of anilines is 2. The number of nitrogens with zero attached hydrogens (tertiary/aromatic N) is 3. The Labute approximate surface area is 190 Å². The van der Waals surface area contributed by atoms with E-state index in [1.807, 2.05) is 30.5 Å². The molecular weight excluding hydrogens is 414 g/mol. The summed E-state index contributed by atoms with van der Waals surface area (Å²) in [5.41, 5.74) is 8.52. The van der Waals surface area contributed by atoms with Crippen LogP contribution in [0.15, 0.2) is 30.5 Å². The maximum absolute atomic E-state index is 9.48. The lowest BCUT2D eigenvalue weighted by molar-refractivity contribution is 0.276. The van der Waals surface area contributed by atoms with Gasteiger partial charge in [-0.15, -0.1) is 0 Å². The number of aliphatic hydroxyl groups excluding tert-OH is 1. The zero-order chi connectivity index (χ0) is 21.5. The molecular formula is C22H33N5O3S. The van der Waals surface area contributed by atoms with Gasteiger partial charge in [-0.05, 0) is 31.0 Å². The summed E-state index contributed by atoms with van der Waals surface area (Å²) in [4.78, 5) is 8.87. The molecule has 0 saturated heterocycles. The lowest BCUT2D eigenvalue weighted by atomic mass is 10.1. The van der Waals surface area contributed by atoms with E-state index in [1.54, 1.807) is 14.2 Å². The van der Waals surface area contributed by atoms with E-state index in [0.29, 0.717) is 18.8 Å². The topological polar surface area (TPSA) is 107 Å². The fraction of sp³-hybridized carbons (Fsp3) is 0.455. The summed E-state index contributed by atoms with van der Waals surface area (Å²) in [7, 11) is 3.30. The molecule has 0 fully saturated rings.